The van der Waals surface area contributed by atoms with Crippen molar-refractivity contribution in [3.05, 3.63) is 41.6 Å². The topological polar surface area (TPSA) is 30.7 Å². The predicted octanol–water partition coefficient (Wildman–Crippen LogP) is 2.48. The van der Waals surface area contributed by atoms with E-state index in [1.165, 1.54) is 0 Å². The molecular formula is C10H10ClN3. The van der Waals surface area contributed by atoms with Gasteiger partial charge in [-0.1, -0.05) is 24.6 Å². The SMILES string of the molecule is CCc1nccn1-c1cccc(Cl)n1. The molecule has 0 bridgehead atoms. The van der Waals surface area contributed by atoms with Gasteiger partial charge in [0.05, 0.1) is 0 Å². The van der Waals surface area contributed by atoms with Crippen molar-refractivity contribution in [1.29, 1.82) is 0 Å². The summed E-state index contributed by atoms with van der Waals surface area (Å²) in [7, 11) is 0. The zero-order valence-corrected chi connectivity index (χ0v) is 8.57. The fraction of sp³-hybridized carbons (Fsp3) is 0.200. The van der Waals surface area contributed by atoms with Crippen LogP contribution in [0.2, 0.25) is 5.15 Å². The number of nitrogens with zero attached hydrogens (tertiary/aromatic N) is 3. The lowest BCUT2D eigenvalue weighted by Gasteiger charge is -2.04. The number of hydrogen-bond donors (Lipinski definition) is 0. The van der Waals surface area contributed by atoms with Crippen LogP contribution in [0.1, 0.15) is 12.7 Å². The maximum Gasteiger partial charge on any atom is 0.139 e. The van der Waals surface area contributed by atoms with Crippen LogP contribution in [0.4, 0.5) is 0 Å². The van der Waals surface area contributed by atoms with Gasteiger partial charge < -0.3 is 0 Å². The maximum absolute atomic E-state index is 5.81. The molecule has 0 saturated heterocycles. The van der Waals surface area contributed by atoms with Gasteiger partial charge >= 0.3 is 0 Å². The number of rotatable bonds is 2. The third-order valence-corrected chi connectivity index (χ3v) is 2.19. The number of hydrogen-bond acceptors (Lipinski definition) is 2. The highest BCUT2D eigenvalue weighted by Crippen LogP contribution is 2.11. The second kappa shape index (κ2) is 3.80. The van der Waals surface area contributed by atoms with Crippen LogP contribution in [-0.2, 0) is 6.42 Å². The van der Waals surface area contributed by atoms with Crippen LogP contribution in [0.15, 0.2) is 30.6 Å². The minimum atomic E-state index is 0.498. The average Bonchev–Trinajstić information content (AvgIpc) is 2.65. The quantitative estimate of drug-likeness (QED) is 0.709. The van der Waals surface area contributed by atoms with Gasteiger partial charge in [-0.3, -0.25) is 4.57 Å². The highest BCUT2D eigenvalue weighted by atomic mass is 35.5. The fourth-order valence-electron chi connectivity index (χ4n) is 1.34. The predicted molar refractivity (Wildman–Crippen MR) is 55.7 cm³/mol. The van der Waals surface area contributed by atoms with Crippen LogP contribution >= 0.6 is 11.6 Å². The summed E-state index contributed by atoms with van der Waals surface area (Å²) in [5, 5.41) is 0.498. The summed E-state index contributed by atoms with van der Waals surface area (Å²) < 4.78 is 1.94. The van der Waals surface area contributed by atoms with Gasteiger partial charge in [0.15, 0.2) is 0 Å². The van der Waals surface area contributed by atoms with Crippen molar-refractivity contribution in [3.8, 4) is 5.82 Å². The van der Waals surface area contributed by atoms with E-state index in [1.54, 1.807) is 12.3 Å². The Morgan fingerprint density at radius 1 is 1.43 bits per heavy atom. The smallest absolute Gasteiger partial charge is 0.139 e. The molecule has 2 aromatic heterocycles. The van der Waals surface area contributed by atoms with Crippen molar-refractivity contribution in [2.24, 2.45) is 0 Å². The molecule has 0 aliphatic carbocycles. The van der Waals surface area contributed by atoms with Crippen molar-refractivity contribution < 1.29 is 0 Å². The lowest BCUT2D eigenvalue weighted by molar-refractivity contribution is 0.868. The van der Waals surface area contributed by atoms with Crippen LogP contribution in [0.25, 0.3) is 5.82 Å². The first-order valence-electron chi connectivity index (χ1n) is 4.46. The zero-order valence-electron chi connectivity index (χ0n) is 7.81. The minimum absolute atomic E-state index is 0.498. The number of aromatic nitrogens is 3. The largest absolute Gasteiger partial charge is 0.288 e. The monoisotopic (exact) mass is 207 g/mol. The Balaban J connectivity index is 2.49. The molecule has 0 fully saturated rings. The van der Waals surface area contributed by atoms with Gasteiger partial charge in [0, 0.05) is 18.8 Å². The Hall–Kier alpha value is -1.35. The third kappa shape index (κ3) is 1.63. The Bertz CT molecular complexity index is 436. The third-order valence-electron chi connectivity index (χ3n) is 1.98. The molecule has 2 aromatic rings. The van der Waals surface area contributed by atoms with Crippen molar-refractivity contribution >= 4 is 11.6 Å². The Morgan fingerprint density at radius 2 is 2.29 bits per heavy atom. The van der Waals surface area contributed by atoms with Gasteiger partial charge in [-0.25, -0.2) is 9.97 Å². The molecule has 3 nitrogen and oxygen atoms in total. The van der Waals surface area contributed by atoms with E-state index < -0.39 is 0 Å². The molecule has 72 valence electrons. The van der Waals surface area contributed by atoms with E-state index in [-0.39, 0.29) is 0 Å². The average molecular weight is 208 g/mol. The van der Waals surface area contributed by atoms with E-state index in [1.807, 2.05) is 22.9 Å². The summed E-state index contributed by atoms with van der Waals surface area (Å²) in [6.07, 6.45) is 4.53. The lowest BCUT2D eigenvalue weighted by atomic mass is 10.4. The molecule has 0 atom stereocenters. The van der Waals surface area contributed by atoms with Crippen LogP contribution in [0.3, 0.4) is 0 Å². The maximum atomic E-state index is 5.81. The molecule has 0 saturated carbocycles. The Kier molecular flexibility index (Phi) is 2.50. The summed E-state index contributed by atoms with van der Waals surface area (Å²) in [4.78, 5) is 8.43. The van der Waals surface area contributed by atoms with E-state index in [4.69, 9.17) is 11.6 Å². The zero-order chi connectivity index (χ0) is 9.97. The molecule has 0 aromatic carbocycles. The first-order valence-corrected chi connectivity index (χ1v) is 4.84. The molecule has 2 heterocycles. The van der Waals surface area contributed by atoms with E-state index in [0.29, 0.717) is 5.15 Å². The van der Waals surface area contributed by atoms with Gasteiger partial charge in [0.2, 0.25) is 0 Å². The van der Waals surface area contributed by atoms with Crippen molar-refractivity contribution in [2.45, 2.75) is 13.3 Å². The van der Waals surface area contributed by atoms with Gasteiger partial charge in [-0.05, 0) is 12.1 Å². The summed E-state index contributed by atoms with van der Waals surface area (Å²) in [5.41, 5.74) is 0. The minimum Gasteiger partial charge on any atom is -0.288 e. The normalized spacial score (nSPS) is 10.4. The van der Waals surface area contributed by atoms with Gasteiger partial charge in [0.25, 0.3) is 0 Å². The summed E-state index contributed by atoms with van der Waals surface area (Å²) >= 11 is 5.81. The highest BCUT2D eigenvalue weighted by molar-refractivity contribution is 6.29. The standard InChI is InChI=1S/C10H10ClN3/c1-2-9-12-6-7-14(9)10-5-3-4-8(11)13-10/h3-7H,2H2,1H3. The van der Waals surface area contributed by atoms with Crippen LogP contribution in [0, 0.1) is 0 Å². The van der Waals surface area contributed by atoms with Gasteiger partial charge in [-0.15, -0.1) is 0 Å². The molecule has 14 heavy (non-hydrogen) atoms. The van der Waals surface area contributed by atoms with Gasteiger partial charge in [-0.2, -0.15) is 0 Å². The molecule has 0 amide bonds. The van der Waals surface area contributed by atoms with E-state index in [9.17, 15) is 0 Å². The number of aryl methyl sites for hydroxylation is 1. The van der Waals surface area contributed by atoms with Crippen LogP contribution in [0.5, 0.6) is 0 Å². The number of pyridine rings is 1. The molecule has 4 heteroatoms. The second-order valence-corrected chi connectivity index (χ2v) is 3.27. The van der Waals surface area contributed by atoms with Crippen molar-refractivity contribution in [1.82, 2.24) is 14.5 Å². The van der Waals surface area contributed by atoms with Crippen LogP contribution in [-0.4, -0.2) is 14.5 Å². The number of imidazole rings is 1. The van der Waals surface area contributed by atoms with E-state index >= 15 is 0 Å². The van der Waals surface area contributed by atoms with Crippen molar-refractivity contribution in [2.75, 3.05) is 0 Å². The molecule has 0 aliphatic heterocycles. The van der Waals surface area contributed by atoms with E-state index in [2.05, 4.69) is 16.9 Å². The molecule has 0 N–H and O–H groups in total. The fourth-order valence-corrected chi connectivity index (χ4v) is 1.50. The molecule has 0 spiro atoms. The number of halogens is 1. The molecule has 0 radical (unpaired) electrons. The first-order chi connectivity index (χ1) is 6.81. The Labute approximate surface area is 87.4 Å². The summed E-state index contributed by atoms with van der Waals surface area (Å²) in [6.45, 7) is 2.06. The molecular weight excluding hydrogens is 198 g/mol. The first kappa shape index (κ1) is 9.21. The molecule has 0 unspecified atom stereocenters. The summed E-state index contributed by atoms with van der Waals surface area (Å²) in [5.74, 6) is 1.80. The summed E-state index contributed by atoms with van der Waals surface area (Å²) in [6, 6.07) is 5.55. The Morgan fingerprint density at radius 3 is 3.00 bits per heavy atom. The van der Waals surface area contributed by atoms with Crippen LogP contribution < -0.4 is 0 Å². The van der Waals surface area contributed by atoms with Crippen molar-refractivity contribution in [3.63, 3.8) is 0 Å². The highest BCUT2D eigenvalue weighted by Gasteiger charge is 2.03. The lowest BCUT2D eigenvalue weighted by Crippen LogP contribution is -2.01. The van der Waals surface area contributed by atoms with E-state index in [0.717, 1.165) is 18.1 Å². The molecule has 2 rings (SSSR count). The molecule has 0 aliphatic rings. The second-order valence-electron chi connectivity index (χ2n) is 2.89. The van der Waals surface area contributed by atoms with Gasteiger partial charge in [0.1, 0.15) is 16.8 Å².